The molecule has 21 heavy (non-hydrogen) atoms. The van der Waals surface area contributed by atoms with Crippen LogP contribution in [0.25, 0.3) is 0 Å². The minimum atomic E-state index is -4.11. The summed E-state index contributed by atoms with van der Waals surface area (Å²) in [6.07, 6.45) is -4.00. The molecule has 0 saturated carbocycles. The molecule has 0 bridgehead atoms. The third kappa shape index (κ3) is 4.45. The molecule has 1 N–H and O–H groups in total. The second kappa shape index (κ2) is 6.36. The van der Waals surface area contributed by atoms with Gasteiger partial charge >= 0.3 is 6.18 Å². The normalized spacial score (nSPS) is 26.3. The Labute approximate surface area is 124 Å². The summed E-state index contributed by atoms with van der Waals surface area (Å²) in [5, 5.41) is 3.50. The van der Waals surface area contributed by atoms with Crippen LogP contribution in [0, 0.1) is 0 Å². The number of nitrogens with zero attached hydrogens (tertiary/aromatic N) is 1. The van der Waals surface area contributed by atoms with E-state index in [4.69, 9.17) is 0 Å². The monoisotopic (exact) mass is 300 g/mol. The lowest BCUT2D eigenvalue weighted by Gasteiger charge is -2.37. The molecule has 0 amide bonds. The van der Waals surface area contributed by atoms with Gasteiger partial charge in [0.1, 0.15) is 0 Å². The van der Waals surface area contributed by atoms with E-state index < -0.39 is 18.6 Å². The molecular weight excluding hydrogens is 277 g/mol. The molecule has 0 spiro atoms. The maximum absolute atomic E-state index is 12.6. The molecule has 1 saturated heterocycles. The Kier molecular flexibility index (Phi) is 4.94. The Morgan fingerprint density at radius 3 is 2.57 bits per heavy atom. The largest absolute Gasteiger partial charge is 0.390 e. The summed E-state index contributed by atoms with van der Waals surface area (Å²) in [4.78, 5) is 1.96. The third-order valence-electron chi connectivity index (χ3n) is 4.22. The zero-order valence-corrected chi connectivity index (χ0v) is 12.6. The lowest BCUT2D eigenvalue weighted by molar-refractivity contribution is -0.146. The number of alkyl halides is 3. The van der Waals surface area contributed by atoms with Gasteiger partial charge in [-0.3, -0.25) is 4.90 Å². The molecule has 0 aliphatic carbocycles. The minimum absolute atomic E-state index is 0.308. The highest BCUT2D eigenvalue weighted by atomic mass is 19.4. The van der Waals surface area contributed by atoms with Crippen molar-refractivity contribution < 1.29 is 13.2 Å². The van der Waals surface area contributed by atoms with E-state index in [2.05, 4.69) is 12.2 Å². The second-order valence-electron chi connectivity index (χ2n) is 6.12. The summed E-state index contributed by atoms with van der Waals surface area (Å²) in [6.45, 7) is 5.85. The summed E-state index contributed by atoms with van der Waals surface area (Å²) in [6, 6.07) is 9.46. The summed E-state index contributed by atoms with van der Waals surface area (Å²) in [7, 11) is 0. The predicted octanol–water partition coefficient (Wildman–Crippen LogP) is 3.54. The molecule has 1 aromatic carbocycles. The van der Waals surface area contributed by atoms with Gasteiger partial charge in [-0.1, -0.05) is 30.3 Å². The third-order valence-corrected chi connectivity index (χ3v) is 4.22. The average molecular weight is 300 g/mol. The molecule has 1 fully saturated rings. The van der Waals surface area contributed by atoms with Crippen LogP contribution in [-0.4, -0.2) is 36.8 Å². The van der Waals surface area contributed by atoms with Gasteiger partial charge in [0, 0.05) is 12.6 Å². The van der Waals surface area contributed by atoms with Crippen molar-refractivity contribution >= 4 is 0 Å². The summed E-state index contributed by atoms with van der Waals surface area (Å²) in [5.74, 6) is 0. The van der Waals surface area contributed by atoms with Gasteiger partial charge in [0.2, 0.25) is 0 Å². The van der Waals surface area contributed by atoms with Gasteiger partial charge in [-0.2, -0.15) is 13.2 Å². The molecule has 2 nitrogen and oxygen atoms in total. The standard InChI is InChI=1S/C16H23F3N2/c1-13(11-16(17,18)19)21-10-6-9-20-15(2,12-21)14-7-4-3-5-8-14/h3-5,7-8,13,20H,6,9-12H2,1-2H3. The molecular formula is C16H23F3N2. The Morgan fingerprint density at radius 2 is 1.95 bits per heavy atom. The van der Waals surface area contributed by atoms with Gasteiger partial charge in [0.05, 0.1) is 12.0 Å². The molecule has 0 aromatic heterocycles. The van der Waals surface area contributed by atoms with E-state index >= 15 is 0 Å². The summed E-state index contributed by atoms with van der Waals surface area (Å²) in [5.41, 5.74) is 0.813. The van der Waals surface area contributed by atoms with E-state index in [1.807, 2.05) is 35.2 Å². The molecule has 5 heteroatoms. The van der Waals surface area contributed by atoms with Crippen molar-refractivity contribution in [2.45, 2.75) is 44.4 Å². The maximum atomic E-state index is 12.6. The van der Waals surface area contributed by atoms with E-state index in [-0.39, 0.29) is 5.54 Å². The van der Waals surface area contributed by atoms with Gasteiger partial charge < -0.3 is 5.32 Å². The number of hydrogen-bond donors (Lipinski definition) is 1. The van der Waals surface area contributed by atoms with E-state index in [0.717, 1.165) is 18.5 Å². The van der Waals surface area contributed by atoms with Crippen LogP contribution in [-0.2, 0) is 5.54 Å². The highest BCUT2D eigenvalue weighted by Crippen LogP contribution is 2.29. The van der Waals surface area contributed by atoms with Crippen LogP contribution in [0.3, 0.4) is 0 Å². The molecule has 2 atom stereocenters. The number of benzene rings is 1. The van der Waals surface area contributed by atoms with E-state index in [1.54, 1.807) is 6.92 Å². The zero-order valence-electron chi connectivity index (χ0n) is 12.6. The van der Waals surface area contributed by atoms with Crippen molar-refractivity contribution in [1.82, 2.24) is 10.2 Å². The van der Waals surface area contributed by atoms with Crippen LogP contribution in [0.5, 0.6) is 0 Å². The highest BCUT2D eigenvalue weighted by Gasteiger charge is 2.36. The van der Waals surface area contributed by atoms with E-state index in [9.17, 15) is 13.2 Å². The fraction of sp³-hybridized carbons (Fsp3) is 0.625. The first-order valence-electron chi connectivity index (χ1n) is 7.41. The predicted molar refractivity (Wildman–Crippen MR) is 78.1 cm³/mol. The van der Waals surface area contributed by atoms with Crippen LogP contribution in [0.1, 0.15) is 32.3 Å². The highest BCUT2D eigenvalue weighted by molar-refractivity contribution is 5.24. The lowest BCUT2D eigenvalue weighted by Crippen LogP contribution is -2.49. The van der Waals surface area contributed by atoms with E-state index in [0.29, 0.717) is 13.1 Å². The fourth-order valence-electron chi connectivity index (χ4n) is 3.03. The van der Waals surface area contributed by atoms with Crippen molar-refractivity contribution in [2.75, 3.05) is 19.6 Å². The molecule has 1 aliphatic heterocycles. The van der Waals surface area contributed by atoms with Gasteiger partial charge in [0.25, 0.3) is 0 Å². The van der Waals surface area contributed by atoms with Crippen LogP contribution in [0.2, 0.25) is 0 Å². The van der Waals surface area contributed by atoms with Crippen molar-refractivity contribution in [2.24, 2.45) is 0 Å². The van der Waals surface area contributed by atoms with Crippen LogP contribution >= 0.6 is 0 Å². The van der Waals surface area contributed by atoms with Gasteiger partial charge in [-0.15, -0.1) is 0 Å². The van der Waals surface area contributed by atoms with Crippen LogP contribution in [0.4, 0.5) is 13.2 Å². The average Bonchev–Trinajstić information content (AvgIpc) is 2.61. The van der Waals surface area contributed by atoms with Crippen molar-refractivity contribution in [3.05, 3.63) is 35.9 Å². The molecule has 1 aliphatic rings. The Balaban J connectivity index is 2.14. The summed E-state index contributed by atoms with van der Waals surface area (Å²) < 4.78 is 37.9. The lowest BCUT2D eigenvalue weighted by atomic mass is 9.91. The van der Waals surface area contributed by atoms with E-state index in [1.165, 1.54) is 0 Å². The maximum Gasteiger partial charge on any atom is 0.390 e. The molecule has 1 aromatic rings. The van der Waals surface area contributed by atoms with Gasteiger partial charge in [-0.05, 0) is 38.9 Å². The smallest absolute Gasteiger partial charge is 0.307 e. The molecule has 0 radical (unpaired) electrons. The Hall–Kier alpha value is -1.07. The topological polar surface area (TPSA) is 15.3 Å². The Morgan fingerprint density at radius 1 is 1.29 bits per heavy atom. The number of rotatable bonds is 3. The quantitative estimate of drug-likeness (QED) is 0.918. The van der Waals surface area contributed by atoms with Crippen LogP contribution in [0.15, 0.2) is 30.3 Å². The first-order valence-corrected chi connectivity index (χ1v) is 7.41. The van der Waals surface area contributed by atoms with Crippen molar-refractivity contribution in [1.29, 1.82) is 0 Å². The number of nitrogens with one attached hydrogen (secondary N) is 1. The Bertz CT molecular complexity index is 447. The SMILES string of the molecule is CC(CC(F)(F)F)N1CCCNC(C)(c2ccccc2)C1. The number of halogens is 3. The summed E-state index contributed by atoms with van der Waals surface area (Å²) >= 11 is 0. The first kappa shape index (κ1) is 16.3. The number of hydrogen-bond acceptors (Lipinski definition) is 2. The minimum Gasteiger partial charge on any atom is -0.307 e. The molecule has 1 heterocycles. The fourth-order valence-corrected chi connectivity index (χ4v) is 3.03. The molecule has 118 valence electrons. The van der Waals surface area contributed by atoms with Crippen molar-refractivity contribution in [3.8, 4) is 0 Å². The molecule has 2 unspecified atom stereocenters. The van der Waals surface area contributed by atoms with Crippen LogP contribution < -0.4 is 5.32 Å². The van der Waals surface area contributed by atoms with Gasteiger partial charge in [-0.25, -0.2) is 0 Å². The van der Waals surface area contributed by atoms with Gasteiger partial charge in [0.15, 0.2) is 0 Å². The first-order chi connectivity index (χ1) is 9.80. The molecule has 2 rings (SSSR count). The zero-order chi connectivity index (χ0) is 15.5. The van der Waals surface area contributed by atoms with Crippen molar-refractivity contribution in [3.63, 3.8) is 0 Å². The second-order valence-corrected chi connectivity index (χ2v) is 6.12.